The van der Waals surface area contributed by atoms with E-state index in [0.29, 0.717) is 0 Å². The van der Waals surface area contributed by atoms with E-state index in [2.05, 4.69) is 6.08 Å². The summed E-state index contributed by atoms with van der Waals surface area (Å²) in [4.78, 5) is 0. The van der Waals surface area contributed by atoms with Gasteiger partial charge in [0, 0.05) is 0 Å². The zero-order valence-electron chi connectivity index (χ0n) is 5.11. The second-order valence-corrected chi connectivity index (χ2v) is 2.93. The van der Waals surface area contributed by atoms with Gasteiger partial charge in [0.25, 0.3) is 0 Å². The topological polar surface area (TPSA) is 0 Å². The molecule has 0 nitrogen and oxygen atoms in total. The third-order valence-electron chi connectivity index (χ3n) is 2.35. The lowest BCUT2D eigenvalue weighted by Crippen LogP contribution is -2.12. The number of rotatable bonds is 0. The number of hydrogen-bond donors (Lipinski definition) is 0. The molecule has 8 heavy (non-hydrogen) atoms. The summed E-state index contributed by atoms with van der Waals surface area (Å²) >= 11 is 0. The van der Waals surface area contributed by atoms with Gasteiger partial charge < -0.3 is 0 Å². The van der Waals surface area contributed by atoms with Crippen molar-refractivity contribution in [3.05, 3.63) is 11.6 Å². The minimum atomic E-state index is 1.02. The lowest BCUT2D eigenvalue weighted by Gasteiger charge is -2.27. The average Bonchev–Trinajstić information content (AvgIpc) is 1.92. The average molecular weight is 107 g/mol. The molecule has 0 heterocycles. The standard InChI is InChI=1S/C8H11/c1-2-8-5-3-7(1)4-6-8/h7H,1-5H2. The summed E-state index contributed by atoms with van der Waals surface area (Å²) in [6, 6.07) is 0. The Morgan fingerprint density at radius 3 is 2.12 bits per heavy atom. The first-order chi connectivity index (χ1) is 3.95. The van der Waals surface area contributed by atoms with Crippen LogP contribution in [0.25, 0.3) is 0 Å². The molecule has 43 valence electrons. The molecule has 0 N–H and O–H groups in total. The smallest absolute Gasteiger partial charge is 0.0248 e. The fraction of sp³-hybridized carbons (Fsp3) is 0.750. The third kappa shape index (κ3) is 0.594. The van der Waals surface area contributed by atoms with E-state index in [-0.39, 0.29) is 0 Å². The van der Waals surface area contributed by atoms with Crippen molar-refractivity contribution in [3.8, 4) is 0 Å². The van der Waals surface area contributed by atoms with Crippen molar-refractivity contribution >= 4 is 0 Å². The maximum atomic E-state index is 3.44. The summed E-state index contributed by atoms with van der Waals surface area (Å²) in [5.41, 5.74) is 1.62. The molecule has 0 saturated heterocycles. The molecule has 0 heteroatoms. The molecular formula is C8H11. The summed E-state index contributed by atoms with van der Waals surface area (Å²) in [5.74, 6) is 1.02. The van der Waals surface area contributed by atoms with Crippen molar-refractivity contribution in [1.82, 2.24) is 0 Å². The second kappa shape index (κ2) is 1.61. The molecule has 3 aliphatic carbocycles. The van der Waals surface area contributed by atoms with E-state index < -0.39 is 0 Å². The van der Waals surface area contributed by atoms with Gasteiger partial charge in [0.1, 0.15) is 0 Å². The number of allylic oxidation sites excluding steroid dienone is 2. The van der Waals surface area contributed by atoms with Gasteiger partial charge in [-0.05, 0) is 44.1 Å². The van der Waals surface area contributed by atoms with E-state index >= 15 is 0 Å². The first-order valence-electron chi connectivity index (χ1n) is 3.54. The van der Waals surface area contributed by atoms with Gasteiger partial charge in [0.2, 0.25) is 0 Å². The Morgan fingerprint density at radius 1 is 1.25 bits per heavy atom. The van der Waals surface area contributed by atoms with E-state index in [1.807, 2.05) is 0 Å². The van der Waals surface area contributed by atoms with Crippen molar-refractivity contribution in [2.24, 2.45) is 5.92 Å². The molecule has 0 spiro atoms. The van der Waals surface area contributed by atoms with Crippen molar-refractivity contribution in [2.75, 3.05) is 0 Å². The van der Waals surface area contributed by atoms with E-state index in [9.17, 15) is 0 Å². The lowest BCUT2D eigenvalue weighted by atomic mass is 9.78. The monoisotopic (exact) mass is 107 g/mol. The van der Waals surface area contributed by atoms with Crippen LogP contribution in [0.5, 0.6) is 0 Å². The SMILES string of the molecule is [C]1=C2CCC(C1)CC2. The molecule has 0 aromatic heterocycles. The van der Waals surface area contributed by atoms with Crippen LogP contribution in [0.15, 0.2) is 5.57 Å². The highest BCUT2D eigenvalue weighted by Gasteiger charge is 2.20. The molecule has 3 aliphatic rings. The van der Waals surface area contributed by atoms with E-state index in [4.69, 9.17) is 0 Å². The largest absolute Gasteiger partial charge is 0.0667 e. The zero-order chi connectivity index (χ0) is 5.40. The fourth-order valence-corrected chi connectivity index (χ4v) is 1.70. The molecule has 0 amide bonds. The summed E-state index contributed by atoms with van der Waals surface area (Å²) in [6.07, 6.45) is 10.4. The van der Waals surface area contributed by atoms with Crippen molar-refractivity contribution in [3.63, 3.8) is 0 Å². The Morgan fingerprint density at radius 2 is 2.00 bits per heavy atom. The van der Waals surface area contributed by atoms with E-state index in [1.54, 1.807) is 5.57 Å². The van der Waals surface area contributed by atoms with E-state index in [1.165, 1.54) is 32.1 Å². The van der Waals surface area contributed by atoms with Gasteiger partial charge in [-0.3, -0.25) is 0 Å². The highest BCUT2D eigenvalue weighted by molar-refractivity contribution is 5.06. The van der Waals surface area contributed by atoms with Gasteiger partial charge >= 0.3 is 0 Å². The molecule has 2 bridgehead atoms. The van der Waals surface area contributed by atoms with Gasteiger partial charge in [-0.1, -0.05) is 5.57 Å². The van der Waals surface area contributed by atoms with Crippen LogP contribution < -0.4 is 0 Å². The van der Waals surface area contributed by atoms with Crippen molar-refractivity contribution < 1.29 is 0 Å². The van der Waals surface area contributed by atoms with Crippen LogP contribution in [0.1, 0.15) is 32.1 Å². The summed E-state index contributed by atoms with van der Waals surface area (Å²) in [7, 11) is 0. The third-order valence-corrected chi connectivity index (χ3v) is 2.35. The van der Waals surface area contributed by atoms with Gasteiger partial charge in [-0.2, -0.15) is 0 Å². The predicted molar refractivity (Wildman–Crippen MR) is 33.3 cm³/mol. The number of fused-ring (bicyclic) bond motifs is 3. The molecule has 0 atom stereocenters. The summed E-state index contributed by atoms with van der Waals surface area (Å²) < 4.78 is 0. The quantitative estimate of drug-likeness (QED) is 0.445. The first-order valence-corrected chi connectivity index (χ1v) is 3.54. The number of hydrogen-bond acceptors (Lipinski definition) is 0. The second-order valence-electron chi connectivity index (χ2n) is 2.93. The molecule has 3 rings (SSSR count). The molecule has 1 fully saturated rings. The van der Waals surface area contributed by atoms with Gasteiger partial charge in [0.15, 0.2) is 0 Å². The van der Waals surface area contributed by atoms with Crippen molar-refractivity contribution in [1.29, 1.82) is 0 Å². The van der Waals surface area contributed by atoms with Crippen LogP contribution in [0, 0.1) is 12.0 Å². The van der Waals surface area contributed by atoms with Gasteiger partial charge in [-0.25, -0.2) is 0 Å². The molecule has 1 saturated carbocycles. The van der Waals surface area contributed by atoms with Crippen LogP contribution in [0.2, 0.25) is 0 Å². The lowest BCUT2D eigenvalue weighted by molar-refractivity contribution is 0.377. The van der Waals surface area contributed by atoms with E-state index in [0.717, 1.165) is 5.92 Å². The Balaban J connectivity index is 2.22. The first kappa shape index (κ1) is 4.60. The maximum Gasteiger partial charge on any atom is -0.0248 e. The van der Waals surface area contributed by atoms with Crippen molar-refractivity contribution in [2.45, 2.75) is 32.1 Å². The molecule has 0 unspecified atom stereocenters. The summed E-state index contributed by atoms with van der Waals surface area (Å²) in [6.45, 7) is 0. The normalized spacial score (nSPS) is 28.2. The Kier molecular flexibility index (Phi) is 0.927. The van der Waals surface area contributed by atoms with Gasteiger partial charge in [-0.15, -0.1) is 0 Å². The van der Waals surface area contributed by atoms with Crippen LogP contribution in [-0.2, 0) is 0 Å². The Hall–Kier alpha value is -0.260. The minimum absolute atomic E-state index is 1.02. The highest BCUT2D eigenvalue weighted by atomic mass is 14.2. The minimum Gasteiger partial charge on any atom is -0.0667 e. The van der Waals surface area contributed by atoms with Crippen LogP contribution in [0.3, 0.4) is 0 Å². The van der Waals surface area contributed by atoms with Gasteiger partial charge in [0.05, 0.1) is 0 Å². The highest BCUT2D eigenvalue weighted by Crippen LogP contribution is 2.35. The Bertz CT molecular complexity index is 112. The zero-order valence-corrected chi connectivity index (χ0v) is 5.11. The molecule has 0 aromatic carbocycles. The molecule has 0 aromatic rings. The molecule has 0 aliphatic heterocycles. The fourth-order valence-electron chi connectivity index (χ4n) is 1.70. The maximum absolute atomic E-state index is 3.44. The summed E-state index contributed by atoms with van der Waals surface area (Å²) in [5, 5.41) is 0. The van der Waals surface area contributed by atoms with Crippen LogP contribution in [0.4, 0.5) is 0 Å². The van der Waals surface area contributed by atoms with Crippen LogP contribution in [-0.4, -0.2) is 0 Å². The van der Waals surface area contributed by atoms with Crippen LogP contribution >= 0.6 is 0 Å². The Labute approximate surface area is 50.6 Å². The predicted octanol–water partition coefficient (Wildman–Crippen LogP) is 2.31. The molecule has 1 radical (unpaired) electrons. The molecular weight excluding hydrogens is 96.1 g/mol.